The van der Waals surface area contributed by atoms with Gasteiger partial charge in [-0.1, -0.05) is 42.5 Å². The van der Waals surface area contributed by atoms with Crippen LogP contribution in [0.5, 0.6) is 0 Å². The first-order valence-corrected chi connectivity index (χ1v) is 8.14. The minimum Gasteiger partial charge on any atom is -0.466 e. The van der Waals surface area contributed by atoms with Gasteiger partial charge in [-0.05, 0) is 39.2 Å². The number of benzene rings is 1. The molecule has 1 atom stereocenters. The lowest BCUT2D eigenvalue weighted by Crippen LogP contribution is -2.47. The maximum atomic E-state index is 12.4. The summed E-state index contributed by atoms with van der Waals surface area (Å²) in [5.41, 5.74) is -0.478. The van der Waals surface area contributed by atoms with E-state index in [0.717, 1.165) is 5.56 Å². The van der Waals surface area contributed by atoms with Gasteiger partial charge in [0.2, 0.25) is 0 Å². The molecule has 0 fully saturated rings. The fourth-order valence-corrected chi connectivity index (χ4v) is 2.42. The normalized spacial score (nSPS) is 13.8. The van der Waals surface area contributed by atoms with Crippen molar-refractivity contribution in [1.82, 2.24) is 5.32 Å². The van der Waals surface area contributed by atoms with Gasteiger partial charge in [0.25, 0.3) is 0 Å². The molecule has 0 spiro atoms. The summed E-state index contributed by atoms with van der Waals surface area (Å²) in [6, 6.07) is 9.54. The standard InChI is InChI=1S/C20H27NO4/c1-6-14-20(15-10-13-17(22)24-5,16-11-8-7-9-12-16)21-18(23)25-19(2,3)4/h6-13H,1,14-15H2,2-5H3,(H,21,23)/t20-/m1/s1. The van der Waals surface area contributed by atoms with E-state index < -0.39 is 23.2 Å². The van der Waals surface area contributed by atoms with E-state index in [1.165, 1.54) is 13.2 Å². The van der Waals surface area contributed by atoms with Gasteiger partial charge in [-0.25, -0.2) is 9.59 Å². The van der Waals surface area contributed by atoms with Crippen molar-refractivity contribution in [2.24, 2.45) is 0 Å². The third-order valence-corrected chi connectivity index (χ3v) is 3.48. The molecule has 0 bridgehead atoms. The zero-order valence-electron chi connectivity index (χ0n) is 15.4. The number of rotatable bonds is 7. The van der Waals surface area contributed by atoms with Gasteiger partial charge in [0.1, 0.15) is 5.60 Å². The highest BCUT2D eigenvalue weighted by molar-refractivity contribution is 5.81. The van der Waals surface area contributed by atoms with E-state index >= 15 is 0 Å². The Kier molecular flexibility index (Phi) is 7.43. The van der Waals surface area contributed by atoms with Crippen LogP contribution in [-0.2, 0) is 19.8 Å². The van der Waals surface area contributed by atoms with Gasteiger partial charge in [0, 0.05) is 6.08 Å². The Balaban J connectivity index is 3.17. The molecule has 0 aliphatic rings. The Morgan fingerprint density at radius 3 is 2.32 bits per heavy atom. The van der Waals surface area contributed by atoms with Crippen LogP contribution in [0.4, 0.5) is 4.79 Å². The van der Waals surface area contributed by atoms with Crippen molar-refractivity contribution in [3.05, 3.63) is 60.7 Å². The Hall–Kier alpha value is -2.56. The molecule has 25 heavy (non-hydrogen) atoms. The van der Waals surface area contributed by atoms with Crippen LogP contribution in [0, 0.1) is 0 Å². The zero-order chi connectivity index (χ0) is 18.9. The van der Waals surface area contributed by atoms with E-state index in [4.69, 9.17) is 4.74 Å². The zero-order valence-corrected chi connectivity index (χ0v) is 15.4. The average Bonchev–Trinajstić information content (AvgIpc) is 2.53. The van der Waals surface area contributed by atoms with Crippen LogP contribution in [0.1, 0.15) is 39.2 Å². The number of ether oxygens (including phenoxy) is 2. The SMILES string of the molecule is C=CC[C@](CC=CC(=O)OC)(NC(=O)OC(C)(C)C)c1ccccc1. The largest absolute Gasteiger partial charge is 0.466 e. The molecule has 1 N–H and O–H groups in total. The fraction of sp³-hybridized carbons (Fsp3) is 0.400. The van der Waals surface area contributed by atoms with Gasteiger partial charge in [0.05, 0.1) is 12.6 Å². The number of nitrogens with one attached hydrogen (secondary N) is 1. The summed E-state index contributed by atoms with van der Waals surface area (Å²) in [6.45, 7) is 9.23. The molecule has 0 aliphatic heterocycles. The third-order valence-electron chi connectivity index (χ3n) is 3.48. The summed E-state index contributed by atoms with van der Waals surface area (Å²) in [5, 5.41) is 2.96. The van der Waals surface area contributed by atoms with Crippen LogP contribution >= 0.6 is 0 Å². The first-order chi connectivity index (χ1) is 11.7. The molecule has 1 amide bonds. The number of hydrogen-bond acceptors (Lipinski definition) is 4. The molecule has 0 unspecified atom stereocenters. The van der Waals surface area contributed by atoms with Gasteiger partial charge in [-0.15, -0.1) is 6.58 Å². The number of carbonyl (C=O) groups is 2. The van der Waals surface area contributed by atoms with Crippen LogP contribution in [0.15, 0.2) is 55.1 Å². The molecule has 0 saturated carbocycles. The van der Waals surface area contributed by atoms with Crippen LogP contribution in [0.25, 0.3) is 0 Å². The number of carbonyl (C=O) groups excluding carboxylic acids is 2. The van der Waals surface area contributed by atoms with Crippen molar-refractivity contribution in [2.75, 3.05) is 7.11 Å². The quantitative estimate of drug-likeness (QED) is 0.459. The Bertz CT molecular complexity index is 616. The number of amides is 1. The average molecular weight is 345 g/mol. The second-order valence-corrected chi connectivity index (χ2v) is 6.70. The maximum Gasteiger partial charge on any atom is 0.408 e. The highest BCUT2D eigenvalue weighted by Gasteiger charge is 2.33. The van der Waals surface area contributed by atoms with E-state index in [9.17, 15) is 9.59 Å². The molecular formula is C20H27NO4. The highest BCUT2D eigenvalue weighted by Crippen LogP contribution is 2.30. The van der Waals surface area contributed by atoms with Crippen molar-refractivity contribution in [3.63, 3.8) is 0 Å². The second-order valence-electron chi connectivity index (χ2n) is 6.70. The third kappa shape index (κ3) is 6.83. The maximum absolute atomic E-state index is 12.4. The van der Waals surface area contributed by atoms with Crippen LogP contribution in [0.2, 0.25) is 0 Å². The summed E-state index contributed by atoms with van der Waals surface area (Å²) in [5.74, 6) is -0.446. The van der Waals surface area contributed by atoms with Crippen molar-refractivity contribution < 1.29 is 19.1 Å². The molecule has 0 radical (unpaired) electrons. The van der Waals surface area contributed by atoms with E-state index in [0.29, 0.717) is 12.8 Å². The molecule has 5 heteroatoms. The van der Waals surface area contributed by atoms with Crippen molar-refractivity contribution >= 4 is 12.1 Å². The minimum absolute atomic E-state index is 0.386. The molecule has 5 nitrogen and oxygen atoms in total. The number of alkyl carbamates (subject to hydrolysis) is 1. The molecule has 1 aromatic rings. The first-order valence-electron chi connectivity index (χ1n) is 8.14. The van der Waals surface area contributed by atoms with Crippen LogP contribution < -0.4 is 5.32 Å². The van der Waals surface area contributed by atoms with E-state index in [2.05, 4.69) is 16.6 Å². The summed E-state index contributed by atoms with van der Waals surface area (Å²) < 4.78 is 10.0. The number of esters is 1. The summed E-state index contributed by atoms with van der Waals surface area (Å²) in [6.07, 6.45) is 5.09. The molecular weight excluding hydrogens is 318 g/mol. The van der Waals surface area contributed by atoms with E-state index in [1.807, 2.05) is 30.3 Å². The smallest absolute Gasteiger partial charge is 0.408 e. The summed E-state index contributed by atoms with van der Waals surface area (Å²) >= 11 is 0. The monoisotopic (exact) mass is 345 g/mol. The molecule has 0 heterocycles. The minimum atomic E-state index is -0.768. The Labute approximate surface area is 149 Å². The van der Waals surface area contributed by atoms with Crippen molar-refractivity contribution in [2.45, 2.75) is 44.8 Å². The highest BCUT2D eigenvalue weighted by atomic mass is 16.6. The first kappa shape index (κ1) is 20.5. The Morgan fingerprint density at radius 2 is 1.80 bits per heavy atom. The van der Waals surface area contributed by atoms with Gasteiger partial charge < -0.3 is 14.8 Å². The molecule has 0 saturated heterocycles. The van der Waals surface area contributed by atoms with E-state index in [-0.39, 0.29) is 0 Å². The lowest BCUT2D eigenvalue weighted by molar-refractivity contribution is -0.134. The lowest BCUT2D eigenvalue weighted by Gasteiger charge is -2.34. The van der Waals surface area contributed by atoms with Crippen LogP contribution in [-0.4, -0.2) is 24.8 Å². The predicted molar refractivity (Wildman–Crippen MR) is 98.1 cm³/mol. The van der Waals surface area contributed by atoms with Crippen molar-refractivity contribution in [3.8, 4) is 0 Å². The van der Waals surface area contributed by atoms with E-state index in [1.54, 1.807) is 32.9 Å². The molecule has 0 aromatic heterocycles. The number of methoxy groups -OCH3 is 1. The van der Waals surface area contributed by atoms with Crippen molar-refractivity contribution in [1.29, 1.82) is 0 Å². The molecule has 136 valence electrons. The van der Waals surface area contributed by atoms with Crippen LogP contribution in [0.3, 0.4) is 0 Å². The predicted octanol–water partition coefficient (Wildman–Crippen LogP) is 4.10. The van der Waals surface area contributed by atoms with Gasteiger partial charge in [0.15, 0.2) is 0 Å². The Morgan fingerprint density at radius 1 is 1.16 bits per heavy atom. The molecule has 0 aliphatic carbocycles. The van der Waals surface area contributed by atoms with Gasteiger partial charge in [-0.2, -0.15) is 0 Å². The molecule has 1 aromatic carbocycles. The fourth-order valence-electron chi connectivity index (χ4n) is 2.42. The summed E-state index contributed by atoms with van der Waals surface area (Å²) in [4.78, 5) is 23.8. The second kappa shape index (κ2) is 9.06. The van der Waals surface area contributed by atoms with Gasteiger partial charge >= 0.3 is 12.1 Å². The number of hydrogen-bond donors (Lipinski definition) is 1. The molecule has 1 rings (SSSR count). The topological polar surface area (TPSA) is 64.6 Å². The summed E-state index contributed by atoms with van der Waals surface area (Å²) in [7, 11) is 1.32. The van der Waals surface area contributed by atoms with Gasteiger partial charge in [-0.3, -0.25) is 0 Å². The lowest BCUT2D eigenvalue weighted by atomic mass is 9.83.